The van der Waals surface area contributed by atoms with Gasteiger partial charge in [-0.2, -0.15) is 0 Å². The number of halogens is 1. The molecule has 0 saturated heterocycles. The van der Waals surface area contributed by atoms with Crippen LogP contribution in [0.15, 0.2) is 36.5 Å². The van der Waals surface area contributed by atoms with Gasteiger partial charge in [0.05, 0.1) is 0 Å². The summed E-state index contributed by atoms with van der Waals surface area (Å²) >= 11 is 0. The van der Waals surface area contributed by atoms with Crippen molar-refractivity contribution in [2.45, 2.75) is 0 Å². The van der Waals surface area contributed by atoms with Crippen LogP contribution in [0.2, 0.25) is 0 Å². The standard InChI is InChI=1S/C11H9FN2O/c12-9-6-7(3-4-10(9)15)8-2-1-5-14-11(8)13/h1-6,15H,(H2,13,14). The largest absolute Gasteiger partial charge is 0.505 e. The number of pyridine rings is 1. The lowest BCUT2D eigenvalue weighted by atomic mass is 10.1. The predicted octanol–water partition coefficient (Wildman–Crippen LogP) is 2.18. The van der Waals surface area contributed by atoms with Crippen molar-refractivity contribution in [3.8, 4) is 16.9 Å². The van der Waals surface area contributed by atoms with Crippen molar-refractivity contribution >= 4 is 5.82 Å². The Morgan fingerprint density at radius 2 is 2.07 bits per heavy atom. The lowest BCUT2D eigenvalue weighted by Crippen LogP contribution is -1.93. The number of anilines is 1. The average molecular weight is 204 g/mol. The molecule has 1 aromatic carbocycles. The summed E-state index contributed by atoms with van der Waals surface area (Å²) in [5.41, 5.74) is 6.89. The zero-order valence-corrected chi connectivity index (χ0v) is 7.81. The van der Waals surface area contributed by atoms with E-state index in [-0.39, 0.29) is 5.75 Å². The van der Waals surface area contributed by atoms with Gasteiger partial charge >= 0.3 is 0 Å². The normalized spacial score (nSPS) is 10.2. The number of aromatic hydroxyl groups is 1. The molecule has 0 bridgehead atoms. The third-order valence-corrected chi connectivity index (χ3v) is 2.10. The Labute approximate surface area is 86.0 Å². The molecule has 2 aromatic rings. The topological polar surface area (TPSA) is 59.1 Å². The van der Waals surface area contributed by atoms with E-state index in [0.29, 0.717) is 16.9 Å². The zero-order valence-electron chi connectivity index (χ0n) is 7.81. The molecule has 0 unspecified atom stereocenters. The molecular formula is C11H9FN2O. The zero-order chi connectivity index (χ0) is 10.8. The first-order chi connectivity index (χ1) is 7.18. The Morgan fingerprint density at radius 3 is 2.73 bits per heavy atom. The van der Waals surface area contributed by atoms with Crippen LogP contribution >= 0.6 is 0 Å². The van der Waals surface area contributed by atoms with E-state index in [2.05, 4.69) is 4.98 Å². The van der Waals surface area contributed by atoms with E-state index in [1.54, 1.807) is 24.4 Å². The number of hydrogen-bond donors (Lipinski definition) is 2. The number of nitrogens with two attached hydrogens (primary N) is 1. The molecule has 3 nitrogen and oxygen atoms in total. The number of benzene rings is 1. The van der Waals surface area contributed by atoms with Gasteiger partial charge in [0.15, 0.2) is 11.6 Å². The first-order valence-corrected chi connectivity index (χ1v) is 4.38. The lowest BCUT2D eigenvalue weighted by molar-refractivity contribution is 0.432. The fourth-order valence-corrected chi connectivity index (χ4v) is 1.34. The van der Waals surface area contributed by atoms with Gasteiger partial charge in [0.1, 0.15) is 5.82 Å². The Kier molecular flexibility index (Phi) is 2.25. The Bertz CT molecular complexity index is 500. The quantitative estimate of drug-likeness (QED) is 0.748. The van der Waals surface area contributed by atoms with Crippen LogP contribution in [0.3, 0.4) is 0 Å². The lowest BCUT2D eigenvalue weighted by Gasteiger charge is -2.04. The maximum Gasteiger partial charge on any atom is 0.165 e. The van der Waals surface area contributed by atoms with E-state index in [9.17, 15) is 4.39 Å². The molecule has 0 aliphatic rings. The minimum atomic E-state index is -0.671. The summed E-state index contributed by atoms with van der Waals surface area (Å²) in [7, 11) is 0. The van der Waals surface area contributed by atoms with Crippen molar-refractivity contribution in [1.29, 1.82) is 0 Å². The molecule has 0 aliphatic heterocycles. The summed E-state index contributed by atoms with van der Waals surface area (Å²) in [4.78, 5) is 3.90. The van der Waals surface area contributed by atoms with Crippen LogP contribution in [-0.2, 0) is 0 Å². The van der Waals surface area contributed by atoms with Crippen molar-refractivity contribution in [3.63, 3.8) is 0 Å². The van der Waals surface area contributed by atoms with Gasteiger partial charge in [-0.15, -0.1) is 0 Å². The van der Waals surface area contributed by atoms with Crippen LogP contribution in [0.5, 0.6) is 5.75 Å². The van der Waals surface area contributed by atoms with E-state index < -0.39 is 5.82 Å². The Hall–Kier alpha value is -2.10. The number of rotatable bonds is 1. The number of nitrogen functional groups attached to an aromatic ring is 1. The first-order valence-electron chi connectivity index (χ1n) is 4.38. The van der Waals surface area contributed by atoms with Crippen LogP contribution in [-0.4, -0.2) is 10.1 Å². The molecule has 0 aliphatic carbocycles. The summed E-state index contributed by atoms with van der Waals surface area (Å²) in [6.45, 7) is 0. The van der Waals surface area contributed by atoms with Crippen LogP contribution < -0.4 is 5.73 Å². The minimum absolute atomic E-state index is 0.336. The van der Waals surface area contributed by atoms with Crippen LogP contribution in [0.25, 0.3) is 11.1 Å². The Balaban J connectivity index is 2.55. The third-order valence-electron chi connectivity index (χ3n) is 2.10. The fraction of sp³-hybridized carbons (Fsp3) is 0. The van der Waals surface area contributed by atoms with Crippen molar-refractivity contribution < 1.29 is 9.50 Å². The molecule has 2 rings (SSSR count). The van der Waals surface area contributed by atoms with E-state index >= 15 is 0 Å². The summed E-state index contributed by atoms with van der Waals surface area (Å²) in [6.07, 6.45) is 1.57. The molecule has 0 saturated carbocycles. The molecule has 0 atom stereocenters. The van der Waals surface area contributed by atoms with Gasteiger partial charge in [0.25, 0.3) is 0 Å². The maximum atomic E-state index is 13.1. The number of aromatic nitrogens is 1. The molecular weight excluding hydrogens is 195 g/mol. The fourth-order valence-electron chi connectivity index (χ4n) is 1.34. The maximum absolute atomic E-state index is 13.1. The van der Waals surface area contributed by atoms with Gasteiger partial charge < -0.3 is 10.8 Å². The average Bonchev–Trinajstić information content (AvgIpc) is 2.23. The molecule has 0 radical (unpaired) electrons. The molecule has 1 aromatic heterocycles. The summed E-state index contributed by atoms with van der Waals surface area (Å²) < 4.78 is 13.1. The molecule has 0 spiro atoms. The van der Waals surface area contributed by atoms with Gasteiger partial charge in [-0.25, -0.2) is 9.37 Å². The summed E-state index contributed by atoms with van der Waals surface area (Å²) in [5.74, 6) is -0.709. The molecule has 4 heteroatoms. The van der Waals surface area contributed by atoms with Gasteiger partial charge in [-0.05, 0) is 29.8 Å². The van der Waals surface area contributed by atoms with Gasteiger partial charge in [-0.3, -0.25) is 0 Å². The van der Waals surface area contributed by atoms with E-state index in [1.807, 2.05) is 0 Å². The van der Waals surface area contributed by atoms with E-state index in [1.165, 1.54) is 12.1 Å². The molecule has 3 N–H and O–H groups in total. The van der Waals surface area contributed by atoms with E-state index in [0.717, 1.165) is 0 Å². The second-order valence-corrected chi connectivity index (χ2v) is 3.10. The van der Waals surface area contributed by atoms with Crippen molar-refractivity contribution in [2.75, 3.05) is 5.73 Å². The highest BCUT2D eigenvalue weighted by molar-refractivity contribution is 5.73. The van der Waals surface area contributed by atoms with Crippen molar-refractivity contribution in [2.24, 2.45) is 0 Å². The SMILES string of the molecule is Nc1ncccc1-c1ccc(O)c(F)c1. The highest BCUT2D eigenvalue weighted by Gasteiger charge is 2.06. The molecule has 1 heterocycles. The second kappa shape index (κ2) is 3.57. The highest BCUT2D eigenvalue weighted by Crippen LogP contribution is 2.27. The molecule has 0 amide bonds. The van der Waals surface area contributed by atoms with Gasteiger partial charge in [-0.1, -0.05) is 6.07 Å². The number of phenols is 1. The Morgan fingerprint density at radius 1 is 1.27 bits per heavy atom. The predicted molar refractivity (Wildman–Crippen MR) is 55.7 cm³/mol. The number of phenolic OH excluding ortho intramolecular Hbond substituents is 1. The van der Waals surface area contributed by atoms with Crippen molar-refractivity contribution in [1.82, 2.24) is 4.98 Å². The van der Waals surface area contributed by atoms with Crippen LogP contribution in [0, 0.1) is 5.82 Å². The molecule has 76 valence electrons. The number of hydrogen-bond acceptors (Lipinski definition) is 3. The monoisotopic (exact) mass is 204 g/mol. The van der Waals surface area contributed by atoms with Gasteiger partial charge in [0, 0.05) is 11.8 Å². The summed E-state index contributed by atoms with van der Waals surface area (Å²) in [6, 6.07) is 7.57. The number of nitrogens with zero attached hydrogens (tertiary/aromatic N) is 1. The van der Waals surface area contributed by atoms with Crippen LogP contribution in [0.1, 0.15) is 0 Å². The van der Waals surface area contributed by atoms with E-state index in [4.69, 9.17) is 10.8 Å². The first kappa shape index (κ1) is 9.45. The molecule has 0 fully saturated rings. The third kappa shape index (κ3) is 1.74. The highest BCUT2D eigenvalue weighted by atomic mass is 19.1. The van der Waals surface area contributed by atoms with Crippen molar-refractivity contribution in [3.05, 3.63) is 42.3 Å². The van der Waals surface area contributed by atoms with Crippen LogP contribution in [0.4, 0.5) is 10.2 Å². The van der Waals surface area contributed by atoms with Gasteiger partial charge in [0.2, 0.25) is 0 Å². The minimum Gasteiger partial charge on any atom is -0.505 e. The smallest absolute Gasteiger partial charge is 0.165 e. The summed E-state index contributed by atoms with van der Waals surface area (Å²) in [5, 5.41) is 9.04. The second-order valence-electron chi connectivity index (χ2n) is 3.10. The molecule has 15 heavy (non-hydrogen) atoms.